The molecule has 0 saturated heterocycles. The van der Waals surface area contributed by atoms with Crippen LogP contribution in [-0.4, -0.2) is 18.0 Å². The second-order valence-corrected chi connectivity index (χ2v) is 4.89. The summed E-state index contributed by atoms with van der Waals surface area (Å²) in [7, 11) is 2.09. The molecule has 88 valence electrons. The third-order valence-corrected chi connectivity index (χ3v) is 3.41. The van der Waals surface area contributed by atoms with Gasteiger partial charge in [-0.05, 0) is 56.5 Å². The molecule has 1 aliphatic carbocycles. The Hall–Kier alpha value is -1.09. The second-order valence-electron chi connectivity index (χ2n) is 4.89. The van der Waals surface area contributed by atoms with Crippen molar-refractivity contribution in [2.75, 3.05) is 12.8 Å². The minimum Gasteiger partial charge on any atom is -0.399 e. The van der Waals surface area contributed by atoms with Crippen LogP contribution in [0.3, 0.4) is 0 Å². The first kappa shape index (κ1) is 11.4. The summed E-state index contributed by atoms with van der Waals surface area (Å²) in [4.78, 5) is 2.27. The third kappa shape index (κ3) is 2.73. The van der Waals surface area contributed by atoms with Gasteiger partial charge in [-0.15, -0.1) is 0 Å². The third-order valence-electron chi connectivity index (χ3n) is 3.41. The van der Waals surface area contributed by atoms with E-state index in [0.29, 0.717) is 11.7 Å². The van der Waals surface area contributed by atoms with Gasteiger partial charge in [0.1, 0.15) is 5.82 Å². The Kier molecular flexibility index (Phi) is 3.15. The predicted molar refractivity (Wildman–Crippen MR) is 64.5 cm³/mol. The molecule has 1 aliphatic rings. The molecule has 0 amide bonds. The Labute approximate surface area is 96.2 Å². The van der Waals surface area contributed by atoms with Crippen molar-refractivity contribution < 1.29 is 4.39 Å². The number of hydrogen-bond acceptors (Lipinski definition) is 2. The molecule has 2 N–H and O–H groups in total. The topological polar surface area (TPSA) is 29.3 Å². The highest BCUT2D eigenvalue weighted by Gasteiger charge is 2.30. The number of halogens is 1. The molecule has 0 aromatic heterocycles. The standard InChI is InChI=1S/C13H19FN2/c1-9(11-3-4-11)16(2)8-10-5-12(14)7-13(15)6-10/h5-7,9,11H,3-4,8,15H2,1-2H3. The van der Waals surface area contributed by atoms with Gasteiger partial charge in [0.15, 0.2) is 0 Å². The highest BCUT2D eigenvalue weighted by Crippen LogP contribution is 2.35. The second kappa shape index (κ2) is 4.42. The van der Waals surface area contributed by atoms with Crippen LogP contribution in [0.2, 0.25) is 0 Å². The zero-order valence-electron chi connectivity index (χ0n) is 9.91. The van der Waals surface area contributed by atoms with Crippen molar-refractivity contribution in [3.63, 3.8) is 0 Å². The fourth-order valence-electron chi connectivity index (χ4n) is 2.14. The first-order chi connectivity index (χ1) is 7.56. The minimum atomic E-state index is -0.248. The molecular formula is C13H19FN2. The van der Waals surface area contributed by atoms with E-state index in [2.05, 4.69) is 18.9 Å². The van der Waals surface area contributed by atoms with Gasteiger partial charge >= 0.3 is 0 Å². The Balaban J connectivity index is 2.01. The van der Waals surface area contributed by atoms with Crippen LogP contribution in [0.15, 0.2) is 18.2 Å². The van der Waals surface area contributed by atoms with Gasteiger partial charge in [0.05, 0.1) is 0 Å². The lowest BCUT2D eigenvalue weighted by molar-refractivity contribution is 0.226. The summed E-state index contributed by atoms with van der Waals surface area (Å²) in [5.41, 5.74) is 7.08. The van der Waals surface area contributed by atoms with Crippen molar-refractivity contribution in [2.45, 2.75) is 32.4 Å². The average Bonchev–Trinajstić information content (AvgIpc) is 2.97. The SMILES string of the molecule is CC(C1CC1)N(C)Cc1cc(N)cc(F)c1. The van der Waals surface area contributed by atoms with E-state index in [9.17, 15) is 4.39 Å². The van der Waals surface area contributed by atoms with Gasteiger partial charge in [-0.1, -0.05) is 0 Å². The van der Waals surface area contributed by atoms with Gasteiger partial charge in [0, 0.05) is 18.3 Å². The maximum Gasteiger partial charge on any atom is 0.125 e. The molecule has 1 saturated carbocycles. The van der Waals surface area contributed by atoms with Crippen molar-refractivity contribution in [1.82, 2.24) is 4.90 Å². The molecule has 3 heteroatoms. The van der Waals surface area contributed by atoms with Crippen LogP contribution in [0.25, 0.3) is 0 Å². The van der Waals surface area contributed by atoms with Crippen molar-refractivity contribution in [2.24, 2.45) is 5.92 Å². The van der Waals surface area contributed by atoms with Gasteiger partial charge < -0.3 is 5.73 Å². The van der Waals surface area contributed by atoms with E-state index in [4.69, 9.17) is 5.73 Å². The predicted octanol–water partition coefficient (Wildman–Crippen LogP) is 2.64. The van der Waals surface area contributed by atoms with Crippen LogP contribution in [-0.2, 0) is 6.54 Å². The van der Waals surface area contributed by atoms with E-state index in [-0.39, 0.29) is 5.82 Å². The largest absolute Gasteiger partial charge is 0.399 e. The molecule has 0 radical (unpaired) electrons. The van der Waals surface area contributed by atoms with Gasteiger partial charge in [0.25, 0.3) is 0 Å². The molecule has 16 heavy (non-hydrogen) atoms. The van der Waals surface area contributed by atoms with Crippen LogP contribution < -0.4 is 5.73 Å². The highest BCUT2D eigenvalue weighted by atomic mass is 19.1. The van der Waals surface area contributed by atoms with E-state index in [1.54, 1.807) is 6.07 Å². The molecule has 0 heterocycles. The molecule has 0 aliphatic heterocycles. The van der Waals surface area contributed by atoms with Gasteiger partial charge in [-0.25, -0.2) is 4.39 Å². The summed E-state index contributed by atoms with van der Waals surface area (Å²) in [6.45, 7) is 3.00. The number of rotatable bonds is 4. The molecule has 1 atom stereocenters. The van der Waals surface area contributed by atoms with Gasteiger partial charge in [-0.2, -0.15) is 0 Å². The Morgan fingerprint density at radius 3 is 2.69 bits per heavy atom. The average molecular weight is 222 g/mol. The van der Waals surface area contributed by atoms with E-state index >= 15 is 0 Å². The summed E-state index contributed by atoms with van der Waals surface area (Å²) in [6.07, 6.45) is 2.66. The number of nitrogens with zero attached hydrogens (tertiary/aromatic N) is 1. The Morgan fingerprint density at radius 1 is 1.44 bits per heavy atom. The number of nitrogen functional groups attached to an aromatic ring is 1. The van der Waals surface area contributed by atoms with E-state index in [0.717, 1.165) is 18.0 Å². The van der Waals surface area contributed by atoms with Crippen molar-refractivity contribution in [3.05, 3.63) is 29.6 Å². The monoisotopic (exact) mass is 222 g/mol. The van der Waals surface area contributed by atoms with E-state index in [1.807, 2.05) is 6.07 Å². The quantitative estimate of drug-likeness (QED) is 0.793. The van der Waals surface area contributed by atoms with Crippen LogP contribution >= 0.6 is 0 Å². The van der Waals surface area contributed by atoms with E-state index < -0.39 is 0 Å². The lowest BCUT2D eigenvalue weighted by Crippen LogP contribution is -2.30. The maximum absolute atomic E-state index is 13.2. The molecule has 1 fully saturated rings. The zero-order valence-corrected chi connectivity index (χ0v) is 9.91. The van der Waals surface area contributed by atoms with Crippen molar-refractivity contribution >= 4 is 5.69 Å². The van der Waals surface area contributed by atoms with E-state index in [1.165, 1.54) is 18.9 Å². The normalized spacial score (nSPS) is 17.8. The molecule has 2 nitrogen and oxygen atoms in total. The zero-order chi connectivity index (χ0) is 11.7. The number of anilines is 1. The van der Waals surface area contributed by atoms with Gasteiger partial charge in [0.2, 0.25) is 0 Å². The molecule has 1 unspecified atom stereocenters. The summed E-state index contributed by atoms with van der Waals surface area (Å²) >= 11 is 0. The molecule has 1 aromatic rings. The van der Waals surface area contributed by atoms with Crippen molar-refractivity contribution in [3.8, 4) is 0 Å². The van der Waals surface area contributed by atoms with Crippen LogP contribution in [0, 0.1) is 11.7 Å². The van der Waals surface area contributed by atoms with Crippen LogP contribution in [0.4, 0.5) is 10.1 Å². The first-order valence-electron chi connectivity index (χ1n) is 5.81. The molecular weight excluding hydrogens is 203 g/mol. The fraction of sp³-hybridized carbons (Fsp3) is 0.538. The smallest absolute Gasteiger partial charge is 0.125 e. The summed E-state index contributed by atoms with van der Waals surface area (Å²) in [5, 5.41) is 0. The molecule has 1 aromatic carbocycles. The highest BCUT2D eigenvalue weighted by molar-refractivity contribution is 5.41. The number of benzene rings is 1. The van der Waals surface area contributed by atoms with Gasteiger partial charge in [-0.3, -0.25) is 4.90 Å². The molecule has 2 rings (SSSR count). The number of nitrogens with two attached hydrogens (primary N) is 1. The van der Waals surface area contributed by atoms with Crippen LogP contribution in [0.5, 0.6) is 0 Å². The number of hydrogen-bond donors (Lipinski definition) is 1. The maximum atomic E-state index is 13.2. The Bertz CT molecular complexity index is 354. The van der Waals surface area contributed by atoms with Crippen molar-refractivity contribution in [1.29, 1.82) is 0 Å². The fourth-order valence-corrected chi connectivity index (χ4v) is 2.14. The summed E-state index contributed by atoms with van der Waals surface area (Å²) in [6, 6.07) is 5.34. The first-order valence-corrected chi connectivity index (χ1v) is 5.81. The molecule has 0 bridgehead atoms. The Morgan fingerprint density at radius 2 is 2.12 bits per heavy atom. The lowest BCUT2D eigenvalue weighted by Gasteiger charge is -2.24. The summed E-state index contributed by atoms with van der Waals surface area (Å²) in [5.74, 6) is 0.582. The lowest BCUT2D eigenvalue weighted by atomic mass is 10.1. The summed E-state index contributed by atoms with van der Waals surface area (Å²) < 4.78 is 13.2. The van der Waals surface area contributed by atoms with Crippen LogP contribution in [0.1, 0.15) is 25.3 Å². The minimum absolute atomic E-state index is 0.248. The molecule has 0 spiro atoms.